The first-order valence-electron chi connectivity index (χ1n) is 10.8. The van der Waals surface area contributed by atoms with Crippen molar-refractivity contribution in [1.82, 2.24) is 0 Å². The molecule has 1 aliphatic rings. The zero-order chi connectivity index (χ0) is 24.1. The van der Waals surface area contributed by atoms with Crippen molar-refractivity contribution >= 4 is 5.97 Å². The van der Waals surface area contributed by atoms with Crippen LogP contribution in [0.1, 0.15) is 29.5 Å². The fourth-order valence-corrected chi connectivity index (χ4v) is 3.70. The Kier molecular flexibility index (Phi) is 6.69. The lowest BCUT2D eigenvalue weighted by atomic mass is 9.83. The molecule has 0 radical (unpaired) electrons. The van der Waals surface area contributed by atoms with Gasteiger partial charge in [-0.25, -0.2) is 4.79 Å². The van der Waals surface area contributed by atoms with E-state index in [4.69, 9.17) is 24.7 Å². The Balaban J connectivity index is 1.53. The third-order valence-electron chi connectivity index (χ3n) is 5.32. The van der Waals surface area contributed by atoms with E-state index in [0.29, 0.717) is 23.7 Å². The van der Waals surface area contributed by atoms with Crippen LogP contribution in [-0.4, -0.2) is 19.2 Å². The number of hydrogen-bond donors (Lipinski definition) is 1. The Hall–Kier alpha value is -4.44. The first-order valence-corrected chi connectivity index (χ1v) is 10.8. The van der Waals surface area contributed by atoms with Crippen LogP contribution in [0, 0.1) is 18.3 Å². The molecule has 3 aromatic rings. The second-order valence-electron chi connectivity index (χ2n) is 7.70. The van der Waals surface area contributed by atoms with Gasteiger partial charge in [-0.15, -0.1) is 0 Å². The van der Waals surface area contributed by atoms with Crippen molar-refractivity contribution in [3.8, 4) is 29.1 Å². The van der Waals surface area contributed by atoms with Gasteiger partial charge in [0.1, 0.15) is 34.6 Å². The summed E-state index contributed by atoms with van der Waals surface area (Å²) in [6.45, 7) is 4.21. The van der Waals surface area contributed by atoms with Crippen LogP contribution in [0.15, 0.2) is 78.2 Å². The summed E-state index contributed by atoms with van der Waals surface area (Å²) in [5.74, 6) is 1.07. The predicted molar refractivity (Wildman–Crippen MR) is 126 cm³/mol. The van der Waals surface area contributed by atoms with Crippen molar-refractivity contribution < 1.29 is 23.7 Å². The maximum atomic E-state index is 12.3. The number of nitrogens with zero attached hydrogens (tertiary/aromatic N) is 1. The summed E-state index contributed by atoms with van der Waals surface area (Å²) in [6, 6.07) is 22.0. The third kappa shape index (κ3) is 4.97. The maximum Gasteiger partial charge on any atom is 0.349 e. The van der Waals surface area contributed by atoms with Crippen LogP contribution in [0.25, 0.3) is 0 Å². The van der Waals surface area contributed by atoms with Crippen LogP contribution in [0.4, 0.5) is 0 Å². The number of benzene rings is 3. The molecule has 0 fully saturated rings. The summed E-state index contributed by atoms with van der Waals surface area (Å²) in [5.41, 5.74) is 9.08. The molecule has 172 valence electrons. The van der Waals surface area contributed by atoms with E-state index >= 15 is 0 Å². The molecule has 0 amide bonds. The second-order valence-corrected chi connectivity index (χ2v) is 7.70. The molecule has 0 aromatic heterocycles. The van der Waals surface area contributed by atoms with Crippen LogP contribution in [0.3, 0.4) is 0 Å². The molecule has 3 aromatic carbocycles. The third-order valence-corrected chi connectivity index (χ3v) is 5.32. The number of fused-ring (bicyclic) bond motifs is 1. The summed E-state index contributed by atoms with van der Waals surface area (Å²) in [6.07, 6.45) is 0. The number of hydrogen-bond acceptors (Lipinski definition) is 7. The standard InChI is InChI=1S/C27H24N2O5/c1-3-31-19-10-6-18(7-11-19)26-22-13-12-21(14-24(22)34-27(29)23(26)15-28)33-25(30)16-32-20-8-4-17(2)5-9-20/h4-14,26H,3,16,29H2,1-2H3. The number of allylic oxidation sites excluding steroid dienone is 1. The number of esters is 1. The zero-order valence-electron chi connectivity index (χ0n) is 18.9. The lowest BCUT2D eigenvalue weighted by Gasteiger charge is -2.26. The molecule has 7 nitrogen and oxygen atoms in total. The smallest absolute Gasteiger partial charge is 0.349 e. The van der Waals surface area contributed by atoms with E-state index in [-0.39, 0.29) is 18.2 Å². The van der Waals surface area contributed by atoms with E-state index < -0.39 is 11.9 Å². The summed E-state index contributed by atoms with van der Waals surface area (Å²) in [4.78, 5) is 12.3. The highest BCUT2D eigenvalue weighted by Gasteiger charge is 2.31. The first kappa shape index (κ1) is 22.7. The van der Waals surface area contributed by atoms with Gasteiger partial charge in [-0.1, -0.05) is 35.9 Å². The summed E-state index contributed by atoms with van der Waals surface area (Å²) in [7, 11) is 0. The van der Waals surface area contributed by atoms with Crippen molar-refractivity contribution in [2.45, 2.75) is 19.8 Å². The summed E-state index contributed by atoms with van der Waals surface area (Å²) in [5, 5.41) is 9.72. The van der Waals surface area contributed by atoms with Crippen molar-refractivity contribution in [2.24, 2.45) is 5.73 Å². The van der Waals surface area contributed by atoms with Gasteiger partial charge < -0.3 is 24.7 Å². The molecule has 1 heterocycles. The fourth-order valence-electron chi connectivity index (χ4n) is 3.70. The summed E-state index contributed by atoms with van der Waals surface area (Å²) >= 11 is 0. The molecule has 1 aliphatic heterocycles. The Morgan fingerprint density at radius 2 is 1.65 bits per heavy atom. The minimum Gasteiger partial charge on any atom is -0.494 e. The van der Waals surface area contributed by atoms with Crippen LogP contribution in [-0.2, 0) is 4.79 Å². The molecule has 1 unspecified atom stereocenters. The van der Waals surface area contributed by atoms with E-state index in [1.54, 1.807) is 30.3 Å². The number of ether oxygens (including phenoxy) is 4. The van der Waals surface area contributed by atoms with Crippen molar-refractivity contribution in [3.05, 3.63) is 94.9 Å². The van der Waals surface area contributed by atoms with E-state index in [0.717, 1.165) is 22.4 Å². The van der Waals surface area contributed by atoms with Gasteiger partial charge in [-0.05, 0) is 49.7 Å². The molecular formula is C27H24N2O5. The van der Waals surface area contributed by atoms with Gasteiger partial charge in [0.25, 0.3) is 0 Å². The minimum absolute atomic E-state index is 0.0139. The van der Waals surface area contributed by atoms with Gasteiger partial charge in [-0.3, -0.25) is 0 Å². The minimum atomic E-state index is -0.555. The molecule has 4 rings (SSSR count). The summed E-state index contributed by atoms with van der Waals surface area (Å²) < 4.78 is 22.1. The highest BCUT2D eigenvalue weighted by molar-refractivity contribution is 5.74. The van der Waals surface area contributed by atoms with Crippen LogP contribution >= 0.6 is 0 Å². The second kappa shape index (κ2) is 10.0. The first-order chi connectivity index (χ1) is 16.5. The fraction of sp³-hybridized carbons (Fsp3) is 0.185. The average molecular weight is 456 g/mol. The number of carbonyl (C=O) groups excluding carboxylic acids is 1. The van der Waals surface area contributed by atoms with Crippen LogP contribution in [0.5, 0.6) is 23.0 Å². The van der Waals surface area contributed by atoms with Crippen molar-refractivity contribution in [3.63, 3.8) is 0 Å². The Bertz CT molecular complexity index is 1260. The topological polar surface area (TPSA) is 104 Å². The monoisotopic (exact) mass is 456 g/mol. The lowest BCUT2D eigenvalue weighted by Crippen LogP contribution is -2.21. The van der Waals surface area contributed by atoms with Crippen LogP contribution < -0.4 is 24.7 Å². The normalized spacial score (nSPS) is 14.4. The Labute approximate surface area is 197 Å². The lowest BCUT2D eigenvalue weighted by molar-refractivity contribution is -0.136. The molecule has 0 spiro atoms. The highest BCUT2D eigenvalue weighted by Crippen LogP contribution is 2.43. The maximum absolute atomic E-state index is 12.3. The molecule has 0 saturated heterocycles. The molecule has 0 aliphatic carbocycles. The average Bonchev–Trinajstić information content (AvgIpc) is 2.83. The number of nitrogens with two attached hydrogens (primary N) is 1. The van der Waals surface area contributed by atoms with Gasteiger partial charge in [-0.2, -0.15) is 5.26 Å². The van der Waals surface area contributed by atoms with Crippen molar-refractivity contribution in [2.75, 3.05) is 13.2 Å². The van der Waals surface area contributed by atoms with Gasteiger partial charge in [0, 0.05) is 11.6 Å². The number of carbonyl (C=O) groups is 1. The van der Waals surface area contributed by atoms with E-state index in [1.807, 2.05) is 50.2 Å². The molecule has 7 heteroatoms. The van der Waals surface area contributed by atoms with Gasteiger partial charge >= 0.3 is 5.97 Å². The molecule has 0 saturated carbocycles. The molecule has 1 atom stereocenters. The Morgan fingerprint density at radius 1 is 1.00 bits per heavy atom. The van der Waals surface area contributed by atoms with E-state index in [2.05, 4.69) is 6.07 Å². The quantitative estimate of drug-likeness (QED) is 0.409. The van der Waals surface area contributed by atoms with Crippen LogP contribution in [0.2, 0.25) is 0 Å². The highest BCUT2D eigenvalue weighted by atomic mass is 16.6. The molecule has 2 N–H and O–H groups in total. The number of nitriles is 1. The Morgan fingerprint density at radius 3 is 2.32 bits per heavy atom. The van der Waals surface area contributed by atoms with E-state index in [9.17, 15) is 10.1 Å². The number of aryl methyl sites for hydroxylation is 1. The molecule has 0 bridgehead atoms. The van der Waals surface area contributed by atoms with Gasteiger partial charge in [0.05, 0.1) is 12.5 Å². The largest absolute Gasteiger partial charge is 0.494 e. The van der Waals surface area contributed by atoms with Gasteiger partial charge in [0.15, 0.2) is 6.61 Å². The van der Waals surface area contributed by atoms with E-state index in [1.165, 1.54) is 0 Å². The van der Waals surface area contributed by atoms with Gasteiger partial charge in [0.2, 0.25) is 5.88 Å². The molecule has 34 heavy (non-hydrogen) atoms. The molecular weight excluding hydrogens is 432 g/mol. The SMILES string of the molecule is CCOc1ccc(C2C(C#N)=C(N)Oc3cc(OC(=O)COc4ccc(C)cc4)ccc32)cc1. The number of rotatable bonds is 7. The predicted octanol–water partition coefficient (Wildman–Crippen LogP) is 4.60. The zero-order valence-corrected chi connectivity index (χ0v) is 18.9. The van der Waals surface area contributed by atoms with Crippen molar-refractivity contribution in [1.29, 1.82) is 5.26 Å².